The highest BCUT2D eigenvalue weighted by atomic mass is 19.4. The highest BCUT2D eigenvalue weighted by Gasteiger charge is 2.33. The topological polar surface area (TPSA) is 75.1 Å². The van der Waals surface area contributed by atoms with Crippen LogP contribution in [-0.4, -0.2) is 21.0 Å². The fourth-order valence-corrected chi connectivity index (χ4v) is 1.65. The molecule has 0 aliphatic heterocycles. The number of hydrogen-bond acceptors (Lipinski definition) is 4. The highest BCUT2D eigenvalue weighted by molar-refractivity contribution is 5.78. The van der Waals surface area contributed by atoms with Crippen LogP contribution in [-0.2, 0) is 11.0 Å². The van der Waals surface area contributed by atoms with Gasteiger partial charge in [0.2, 0.25) is 5.95 Å². The van der Waals surface area contributed by atoms with Crippen molar-refractivity contribution >= 4 is 11.9 Å². The smallest absolute Gasteiger partial charge is 0.433 e. The first-order valence-electron chi connectivity index (χ1n) is 5.82. The van der Waals surface area contributed by atoms with Crippen LogP contribution < -0.4 is 5.32 Å². The number of rotatable bonds is 4. The summed E-state index contributed by atoms with van der Waals surface area (Å²) in [6, 6.07) is 7.50. The number of aromatic nitrogens is 2. The van der Waals surface area contributed by atoms with Gasteiger partial charge in [-0.25, -0.2) is 14.8 Å². The fourth-order valence-electron chi connectivity index (χ4n) is 1.65. The normalized spacial score (nSPS) is 12.7. The Hall–Kier alpha value is -2.64. The van der Waals surface area contributed by atoms with E-state index in [1.165, 1.54) is 0 Å². The third kappa shape index (κ3) is 3.68. The third-order valence-corrected chi connectivity index (χ3v) is 2.60. The second-order valence-electron chi connectivity index (χ2n) is 4.09. The lowest BCUT2D eigenvalue weighted by molar-refractivity contribution is -0.141. The summed E-state index contributed by atoms with van der Waals surface area (Å²) in [6.07, 6.45) is -3.70. The Labute approximate surface area is 117 Å². The van der Waals surface area contributed by atoms with Gasteiger partial charge in [-0.3, -0.25) is 0 Å². The predicted molar refractivity (Wildman–Crippen MR) is 67.5 cm³/mol. The van der Waals surface area contributed by atoms with Crippen molar-refractivity contribution in [2.24, 2.45) is 0 Å². The molecule has 2 rings (SSSR count). The summed E-state index contributed by atoms with van der Waals surface area (Å²) in [5.74, 6) is -1.65. The lowest BCUT2D eigenvalue weighted by atomic mass is 10.1. The molecule has 21 heavy (non-hydrogen) atoms. The number of anilines is 1. The lowest BCUT2D eigenvalue weighted by Gasteiger charge is -2.15. The molecule has 110 valence electrons. The average molecular weight is 297 g/mol. The maximum absolute atomic E-state index is 12.6. The number of aliphatic carboxylic acids is 1. The zero-order valence-electron chi connectivity index (χ0n) is 10.5. The van der Waals surface area contributed by atoms with Gasteiger partial charge < -0.3 is 10.4 Å². The van der Waals surface area contributed by atoms with Crippen molar-refractivity contribution in [1.29, 1.82) is 0 Å². The number of hydrogen-bond donors (Lipinski definition) is 2. The summed E-state index contributed by atoms with van der Waals surface area (Å²) >= 11 is 0. The molecule has 5 nitrogen and oxygen atoms in total. The number of benzene rings is 1. The predicted octanol–water partition coefficient (Wildman–Crippen LogP) is 2.73. The van der Waals surface area contributed by atoms with E-state index in [1.807, 2.05) is 0 Å². The van der Waals surface area contributed by atoms with Gasteiger partial charge in [-0.15, -0.1) is 0 Å². The summed E-state index contributed by atoms with van der Waals surface area (Å²) in [5.41, 5.74) is -0.761. The van der Waals surface area contributed by atoms with Gasteiger partial charge in [-0.1, -0.05) is 30.3 Å². The zero-order chi connectivity index (χ0) is 15.5. The van der Waals surface area contributed by atoms with E-state index in [0.717, 1.165) is 6.20 Å². The van der Waals surface area contributed by atoms with E-state index < -0.39 is 29.8 Å². The van der Waals surface area contributed by atoms with E-state index in [0.29, 0.717) is 11.6 Å². The maximum atomic E-state index is 12.6. The SMILES string of the molecule is O=C(O)C(Nc1nccc(C(F)(F)F)n1)c1ccccc1. The molecule has 8 heteroatoms. The molecule has 0 bridgehead atoms. The van der Waals surface area contributed by atoms with Crippen LogP contribution in [0.25, 0.3) is 0 Å². The third-order valence-electron chi connectivity index (χ3n) is 2.60. The van der Waals surface area contributed by atoms with Gasteiger partial charge in [0, 0.05) is 6.20 Å². The van der Waals surface area contributed by atoms with Crippen molar-refractivity contribution in [2.75, 3.05) is 5.32 Å². The van der Waals surface area contributed by atoms with Gasteiger partial charge >= 0.3 is 12.1 Å². The molecule has 0 spiro atoms. The quantitative estimate of drug-likeness (QED) is 0.907. The van der Waals surface area contributed by atoms with Crippen LogP contribution in [0.4, 0.5) is 19.1 Å². The van der Waals surface area contributed by atoms with Gasteiger partial charge in [-0.05, 0) is 11.6 Å². The number of alkyl halides is 3. The molecular weight excluding hydrogens is 287 g/mol. The molecule has 1 aromatic carbocycles. The molecule has 1 unspecified atom stereocenters. The Balaban J connectivity index is 2.28. The molecule has 0 aliphatic carbocycles. The Morgan fingerprint density at radius 1 is 1.19 bits per heavy atom. The number of carboxylic acids is 1. The van der Waals surface area contributed by atoms with Crippen LogP contribution in [0.1, 0.15) is 17.3 Å². The van der Waals surface area contributed by atoms with Crippen molar-refractivity contribution < 1.29 is 23.1 Å². The van der Waals surface area contributed by atoms with Crippen molar-refractivity contribution in [3.05, 3.63) is 53.9 Å². The van der Waals surface area contributed by atoms with E-state index in [4.69, 9.17) is 0 Å². The van der Waals surface area contributed by atoms with Gasteiger partial charge in [-0.2, -0.15) is 13.2 Å². The second kappa shape index (κ2) is 5.78. The van der Waals surface area contributed by atoms with E-state index >= 15 is 0 Å². The minimum Gasteiger partial charge on any atom is -0.479 e. The molecule has 0 saturated carbocycles. The fraction of sp³-hybridized carbons (Fsp3) is 0.154. The molecule has 2 N–H and O–H groups in total. The summed E-state index contributed by atoms with van der Waals surface area (Å²) < 4.78 is 37.7. The summed E-state index contributed by atoms with van der Waals surface area (Å²) in [6.45, 7) is 0. The number of nitrogens with zero attached hydrogens (tertiary/aromatic N) is 2. The standard InChI is InChI=1S/C13H10F3N3O2/c14-13(15,16)9-6-7-17-12(18-9)19-10(11(20)21)8-4-2-1-3-5-8/h1-7,10H,(H,20,21)(H,17,18,19). The van der Waals surface area contributed by atoms with Crippen LogP contribution >= 0.6 is 0 Å². The largest absolute Gasteiger partial charge is 0.479 e. The van der Waals surface area contributed by atoms with Gasteiger partial charge in [0.25, 0.3) is 0 Å². The lowest BCUT2D eigenvalue weighted by Crippen LogP contribution is -2.22. The number of carbonyl (C=O) groups is 1. The summed E-state index contributed by atoms with van der Waals surface area (Å²) in [4.78, 5) is 18.1. The van der Waals surface area contributed by atoms with E-state index in [-0.39, 0.29) is 0 Å². The van der Waals surface area contributed by atoms with Crippen molar-refractivity contribution in [3.63, 3.8) is 0 Å². The van der Waals surface area contributed by atoms with Crippen LogP contribution in [0.2, 0.25) is 0 Å². The van der Waals surface area contributed by atoms with E-state index in [9.17, 15) is 23.1 Å². The van der Waals surface area contributed by atoms with E-state index in [2.05, 4.69) is 15.3 Å². The molecule has 0 amide bonds. The van der Waals surface area contributed by atoms with Crippen LogP contribution in [0.5, 0.6) is 0 Å². The molecule has 0 radical (unpaired) electrons. The van der Waals surface area contributed by atoms with Crippen LogP contribution in [0, 0.1) is 0 Å². The van der Waals surface area contributed by atoms with Gasteiger partial charge in [0.15, 0.2) is 6.04 Å². The van der Waals surface area contributed by atoms with Gasteiger partial charge in [0.1, 0.15) is 5.69 Å². The molecule has 0 fully saturated rings. The summed E-state index contributed by atoms with van der Waals surface area (Å²) in [5, 5.41) is 11.6. The first-order chi connectivity index (χ1) is 9.88. The molecule has 0 saturated heterocycles. The average Bonchev–Trinajstić information content (AvgIpc) is 2.45. The Morgan fingerprint density at radius 3 is 2.43 bits per heavy atom. The number of carboxylic acid groups (broad SMARTS) is 1. The highest BCUT2D eigenvalue weighted by Crippen LogP contribution is 2.28. The number of nitrogens with one attached hydrogen (secondary N) is 1. The Kier molecular flexibility index (Phi) is 4.06. The van der Waals surface area contributed by atoms with Crippen LogP contribution in [0.15, 0.2) is 42.6 Å². The maximum Gasteiger partial charge on any atom is 0.433 e. The Morgan fingerprint density at radius 2 is 1.86 bits per heavy atom. The molecule has 1 atom stereocenters. The molecular formula is C13H10F3N3O2. The number of halogens is 3. The van der Waals surface area contributed by atoms with Crippen LogP contribution in [0.3, 0.4) is 0 Å². The molecule has 1 heterocycles. The molecule has 2 aromatic rings. The first-order valence-corrected chi connectivity index (χ1v) is 5.82. The van der Waals surface area contributed by atoms with Crippen molar-refractivity contribution in [1.82, 2.24) is 9.97 Å². The second-order valence-corrected chi connectivity index (χ2v) is 4.09. The zero-order valence-corrected chi connectivity index (χ0v) is 10.5. The first kappa shape index (κ1) is 14.8. The van der Waals surface area contributed by atoms with Crippen molar-refractivity contribution in [2.45, 2.75) is 12.2 Å². The Bertz CT molecular complexity index is 632. The molecule has 0 aliphatic rings. The summed E-state index contributed by atoms with van der Waals surface area (Å²) in [7, 11) is 0. The monoisotopic (exact) mass is 297 g/mol. The minimum absolute atomic E-state index is 0.381. The van der Waals surface area contributed by atoms with E-state index in [1.54, 1.807) is 30.3 Å². The molecule has 1 aromatic heterocycles. The minimum atomic E-state index is -4.62. The van der Waals surface area contributed by atoms with Crippen molar-refractivity contribution in [3.8, 4) is 0 Å². The van der Waals surface area contributed by atoms with Gasteiger partial charge in [0.05, 0.1) is 0 Å².